The van der Waals surface area contributed by atoms with E-state index in [1.165, 1.54) is 167 Å². The lowest BCUT2D eigenvalue weighted by molar-refractivity contribution is 0.189. The van der Waals surface area contributed by atoms with E-state index in [2.05, 4.69) is 27.7 Å². The molecule has 0 fully saturated rings. The maximum atomic E-state index is 7.41. The molecule has 1 heteroatoms. The van der Waals surface area contributed by atoms with Crippen LogP contribution < -0.4 is 5.73 Å². The summed E-state index contributed by atoms with van der Waals surface area (Å²) in [5.41, 5.74) is 7.51. The third-order valence-electron chi connectivity index (χ3n) is 8.12. The van der Waals surface area contributed by atoms with Gasteiger partial charge >= 0.3 is 0 Å². The van der Waals surface area contributed by atoms with Crippen LogP contribution in [0.2, 0.25) is 0 Å². The van der Waals surface area contributed by atoms with Gasteiger partial charge < -0.3 is 5.73 Å². The molecule has 200 valence electrons. The quantitative estimate of drug-likeness (QED) is 0.120. The second kappa shape index (κ2) is 25.1. The number of nitrogens with two attached hydrogens (primary N) is 1. The SMILES string of the molecule is CCCCCCCCC(N)(CCCCCCCC)C(CCCCCCC)CCCCCCC. The maximum Gasteiger partial charge on any atom is 0.0182 e. The summed E-state index contributed by atoms with van der Waals surface area (Å²) in [5.74, 6) is 0.757. The van der Waals surface area contributed by atoms with E-state index in [9.17, 15) is 0 Å². The van der Waals surface area contributed by atoms with E-state index in [0.717, 1.165) is 5.92 Å². The second-order valence-corrected chi connectivity index (χ2v) is 11.4. The Bertz CT molecular complexity index is 334. The van der Waals surface area contributed by atoms with Crippen LogP contribution in [-0.2, 0) is 0 Å². The van der Waals surface area contributed by atoms with Crippen molar-refractivity contribution in [2.75, 3.05) is 0 Å². The molecule has 0 heterocycles. The van der Waals surface area contributed by atoms with Crippen molar-refractivity contribution in [2.45, 2.75) is 200 Å². The van der Waals surface area contributed by atoms with Gasteiger partial charge in [0.2, 0.25) is 0 Å². The third-order valence-corrected chi connectivity index (χ3v) is 8.12. The molecule has 0 atom stereocenters. The Morgan fingerprint density at radius 3 is 1.00 bits per heavy atom. The summed E-state index contributed by atoms with van der Waals surface area (Å²) in [6.07, 6.45) is 36.0. The number of hydrogen-bond donors (Lipinski definition) is 1. The van der Waals surface area contributed by atoms with Gasteiger partial charge in [-0.15, -0.1) is 0 Å². The third kappa shape index (κ3) is 19.9. The Balaban J connectivity index is 4.87. The van der Waals surface area contributed by atoms with Crippen molar-refractivity contribution in [3.63, 3.8) is 0 Å². The molecule has 0 rings (SSSR count). The molecule has 0 saturated carbocycles. The lowest BCUT2D eigenvalue weighted by Crippen LogP contribution is -2.47. The molecule has 0 radical (unpaired) electrons. The number of rotatable bonds is 27. The van der Waals surface area contributed by atoms with Crippen LogP contribution in [-0.4, -0.2) is 5.54 Å². The highest BCUT2D eigenvalue weighted by Crippen LogP contribution is 2.35. The molecule has 0 aromatic rings. The molecular formula is C32H67N. The van der Waals surface area contributed by atoms with E-state index in [4.69, 9.17) is 5.73 Å². The van der Waals surface area contributed by atoms with E-state index < -0.39 is 0 Å². The molecule has 33 heavy (non-hydrogen) atoms. The van der Waals surface area contributed by atoms with Gasteiger partial charge in [0.15, 0.2) is 0 Å². The van der Waals surface area contributed by atoms with Crippen LogP contribution in [0.25, 0.3) is 0 Å². The van der Waals surface area contributed by atoms with Crippen molar-refractivity contribution in [3.05, 3.63) is 0 Å². The monoisotopic (exact) mass is 466 g/mol. The van der Waals surface area contributed by atoms with Gasteiger partial charge in [0.25, 0.3) is 0 Å². The molecule has 0 spiro atoms. The average molecular weight is 466 g/mol. The van der Waals surface area contributed by atoms with Crippen molar-refractivity contribution in [2.24, 2.45) is 11.7 Å². The summed E-state index contributed by atoms with van der Waals surface area (Å²) in [4.78, 5) is 0. The first-order valence-electron chi connectivity index (χ1n) is 15.9. The highest BCUT2D eigenvalue weighted by atomic mass is 14.8. The zero-order chi connectivity index (χ0) is 24.5. The number of unbranched alkanes of at least 4 members (excludes halogenated alkanes) is 18. The molecular weight excluding hydrogens is 398 g/mol. The van der Waals surface area contributed by atoms with Crippen LogP contribution in [0.3, 0.4) is 0 Å². The lowest BCUT2D eigenvalue weighted by atomic mass is 9.72. The first kappa shape index (κ1) is 33.0. The van der Waals surface area contributed by atoms with Gasteiger partial charge in [-0.25, -0.2) is 0 Å². The van der Waals surface area contributed by atoms with Crippen LogP contribution in [0.15, 0.2) is 0 Å². The molecule has 2 N–H and O–H groups in total. The molecule has 0 aromatic carbocycles. The zero-order valence-electron chi connectivity index (χ0n) is 24.0. The van der Waals surface area contributed by atoms with E-state index in [0.29, 0.717) is 0 Å². The Morgan fingerprint density at radius 1 is 0.394 bits per heavy atom. The summed E-state index contributed by atoms with van der Waals surface area (Å²) in [6, 6.07) is 0. The standard InChI is InChI=1S/C32H67N/c1-5-9-13-17-21-25-29-32(33,30-26-22-18-14-10-6-2)31(27-23-19-15-11-7-3)28-24-20-16-12-8-4/h31H,5-30,33H2,1-4H3. The zero-order valence-corrected chi connectivity index (χ0v) is 24.0. The average Bonchev–Trinajstić information content (AvgIpc) is 2.82. The molecule has 0 amide bonds. The van der Waals surface area contributed by atoms with Crippen molar-refractivity contribution in [1.82, 2.24) is 0 Å². The van der Waals surface area contributed by atoms with Gasteiger partial charge in [-0.2, -0.15) is 0 Å². The van der Waals surface area contributed by atoms with Crippen molar-refractivity contribution >= 4 is 0 Å². The van der Waals surface area contributed by atoms with E-state index in [1.54, 1.807) is 0 Å². The molecule has 0 saturated heterocycles. The van der Waals surface area contributed by atoms with Crippen LogP contribution in [0.1, 0.15) is 195 Å². The molecule has 1 nitrogen and oxygen atoms in total. The minimum Gasteiger partial charge on any atom is -0.325 e. The van der Waals surface area contributed by atoms with Crippen molar-refractivity contribution in [3.8, 4) is 0 Å². The first-order chi connectivity index (χ1) is 16.1. The minimum atomic E-state index is 0.102. The molecule has 0 unspecified atom stereocenters. The topological polar surface area (TPSA) is 26.0 Å². The first-order valence-corrected chi connectivity index (χ1v) is 15.9. The fraction of sp³-hybridized carbons (Fsp3) is 1.00. The minimum absolute atomic E-state index is 0.102. The summed E-state index contributed by atoms with van der Waals surface area (Å²) in [5, 5.41) is 0. The second-order valence-electron chi connectivity index (χ2n) is 11.4. The maximum absolute atomic E-state index is 7.41. The summed E-state index contributed by atoms with van der Waals surface area (Å²) < 4.78 is 0. The predicted octanol–water partition coefficient (Wildman–Crippen LogP) is 11.5. The molecule has 0 aliphatic heterocycles. The highest BCUT2D eigenvalue weighted by Gasteiger charge is 2.33. The van der Waals surface area contributed by atoms with Crippen LogP contribution in [0.4, 0.5) is 0 Å². The molecule has 0 aliphatic rings. The Kier molecular flexibility index (Phi) is 25.0. The van der Waals surface area contributed by atoms with E-state index in [1.807, 2.05) is 0 Å². The summed E-state index contributed by atoms with van der Waals surface area (Å²) in [6.45, 7) is 9.28. The normalized spacial score (nSPS) is 12.2. The van der Waals surface area contributed by atoms with Gasteiger partial charge in [-0.05, 0) is 31.6 Å². The van der Waals surface area contributed by atoms with Gasteiger partial charge in [-0.1, -0.05) is 169 Å². The van der Waals surface area contributed by atoms with Crippen molar-refractivity contribution < 1.29 is 0 Å². The summed E-state index contributed by atoms with van der Waals surface area (Å²) >= 11 is 0. The van der Waals surface area contributed by atoms with Crippen LogP contribution in [0.5, 0.6) is 0 Å². The fourth-order valence-corrected chi connectivity index (χ4v) is 5.71. The van der Waals surface area contributed by atoms with Gasteiger partial charge in [-0.3, -0.25) is 0 Å². The van der Waals surface area contributed by atoms with Crippen LogP contribution >= 0.6 is 0 Å². The summed E-state index contributed by atoms with van der Waals surface area (Å²) in [7, 11) is 0. The molecule has 0 bridgehead atoms. The van der Waals surface area contributed by atoms with Gasteiger partial charge in [0, 0.05) is 5.54 Å². The Morgan fingerprint density at radius 2 is 0.667 bits per heavy atom. The molecule has 0 aliphatic carbocycles. The lowest BCUT2D eigenvalue weighted by Gasteiger charge is -2.39. The Hall–Kier alpha value is -0.0400. The molecule has 0 aromatic heterocycles. The van der Waals surface area contributed by atoms with E-state index >= 15 is 0 Å². The fourth-order valence-electron chi connectivity index (χ4n) is 5.71. The van der Waals surface area contributed by atoms with Crippen LogP contribution in [0, 0.1) is 5.92 Å². The van der Waals surface area contributed by atoms with Gasteiger partial charge in [0.1, 0.15) is 0 Å². The Labute approximate surface area is 211 Å². The highest BCUT2D eigenvalue weighted by molar-refractivity contribution is 4.91. The largest absolute Gasteiger partial charge is 0.325 e. The van der Waals surface area contributed by atoms with Gasteiger partial charge in [0.05, 0.1) is 0 Å². The number of hydrogen-bond acceptors (Lipinski definition) is 1. The smallest absolute Gasteiger partial charge is 0.0182 e. The predicted molar refractivity (Wildman–Crippen MR) is 153 cm³/mol. The van der Waals surface area contributed by atoms with Crippen molar-refractivity contribution in [1.29, 1.82) is 0 Å². The van der Waals surface area contributed by atoms with E-state index in [-0.39, 0.29) is 5.54 Å².